The van der Waals surface area contributed by atoms with Crippen LogP contribution >= 0.6 is 0 Å². The highest BCUT2D eigenvalue weighted by molar-refractivity contribution is 6.23. The zero-order chi connectivity index (χ0) is 42.4. The van der Waals surface area contributed by atoms with Gasteiger partial charge in [0.25, 0.3) is 0 Å². The van der Waals surface area contributed by atoms with E-state index >= 15 is 0 Å². The van der Waals surface area contributed by atoms with Crippen LogP contribution in [0.1, 0.15) is 0 Å². The fourth-order valence-electron chi connectivity index (χ4n) is 9.88. The second kappa shape index (κ2) is 15.8. The van der Waals surface area contributed by atoms with Crippen LogP contribution in [0.5, 0.6) is 0 Å². The van der Waals surface area contributed by atoms with Gasteiger partial charge in [0, 0.05) is 38.8 Å². The molecular formula is C62H42N2. The van der Waals surface area contributed by atoms with E-state index in [-0.39, 0.29) is 0 Å². The number of hydrogen-bond acceptors (Lipinski definition) is 1. The summed E-state index contributed by atoms with van der Waals surface area (Å²) in [6.07, 6.45) is 0. The molecule has 0 spiro atoms. The molecule has 12 rings (SSSR count). The van der Waals surface area contributed by atoms with Gasteiger partial charge >= 0.3 is 0 Å². The van der Waals surface area contributed by atoms with Crippen LogP contribution in [0, 0.1) is 0 Å². The van der Waals surface area contributed by atoms with Gasteiger partial charge < -0.3 is 9.47 Å². The first-order valence-electron chi connectivity index (χ1n) is 22.0. The molecular weight excluding hydrogens is 773 g/mol. The Kier molecular flexibility index (Phi) is 9.20. The highest BCUT2D eigenvalue weighted by Crippen LogP contribution is 2.50. The summed E-state index contributed by atoms with van der Waals surface area (Å²) in [6.45, 7) is 0. The zero-order valence-corrected chi connectivity index (χ0v) is 35.1. The maximum absolute atomic E-state index is 2.50. The van der Waals surface area contributed by atoms with Crippen LogP contribution in [0.3, 0.4) is 0 Å². The van der Waals surface area contributed by atoms with Crippen molar-refractivity contribution in [3.8, 4) is 50.2 Å². The SMILES string of the molecule is c1ccc(-c2ccc(-c3ccc(N(c4cccc(-c5cccc6c5c5ccccc5n6-c5ccccc5)c4)c4c(-c5ccccc5)c5ccccc5c5ccccc45)cc3)cc2)cc1. The molecule has 64 heavy (non-hydrogen) atoms. The summed E-state index contributed by atoms with van der Waals surface area (Å²) in [6, 6.07) is 92.7. The molecule has 0 radical (unpaired) electrons. The lowest BCUT2D eigenvalue weighted by atomic mass is 9.89. The van der Waals surface area contributed by atoms with Crippen molar-refractivity contribution in [3.05, 3.63) is 255 Å². The van der Waals surface area contributed by atoms with Gasteiger partial charge in [0.1, 0.15) is 0 Å². The number of benzene rings is 11. The number of fused-ring (bicyclic) bond motifs is 6. The van der Waals surface area contributed by atoms with Crippen molar-refractivity contribution in [1.29, 1.82) is 0 Å². The summed E-state index contributed by atoms with van der Waals surface area (Å²) in [4.78, 5) is 2.50. The Morgan fingerprint density at radius 2 is 0.750 bits per heavy atom. The summed E-state index contributed by atoms with van der Waals surface area (Å²) in [5.74, 6) is 0. The van der Waals surface area contributed by atoms with E-state index in [1.54, 1.807) is 0 Å². The monoisotopic (exact) mass is 814 g/mol. The van der Waals surface area contributed by atoms with E-state index in [0.717, 1.165) is 28.3 Å². The molecule has 0 atom stereocenters. The molecule has 0 saturated carbocycles. The Balaban J connectivity index is 1.09. The molecule has 12 aromatic rings. The first-order chi connectivity index (χ1) is 31.8. The van der Waals surface area contributed by atoms with Crippen LogP contribution in [0.25, 0.3) is 93.5 Å². The van der Waals surface area contributed by atoms with Crippen LogP contribution in [-0.2, 0) is 0 Å². The van der Waals surface area contributed by atoms with Crippen LogP contribution in [0.4, 0.5) is 17.1 Å². The molecule has 0 bridgehead atoms. The van der Waals surface area contributed by atoms with Gasteiger partial charge in [-0.05, 0) is 104 Å². The first kappa shape index (κ1) is 37.3. The molecule has 0 fully saturated rings. The molecule has 1 heterocycles. The Labute approximate surface area is 373 Å². The molecule has 0 aliphatic carbocycles. The number of rotatable bonds is 8. The third-order valence-corrected chi connectivity index (χ3v) is 12.8. The van der Waals surface area contributed by atoms with Crippen molar-refractivity contribution in [2.75, 3.05) is 4.90 Å². The minimum absolute atomic E-state index is 1.08. The lowest BCUT2D eigenvalue weighted by molar-refractivity contribution is 1.18. The molecule has 0 aliphatic heterocycles. The second-order valence-electron chi connectivity index (χ2n) is 16.4. The minimum Gasteiger partial charge on any atom is -0.309 e. The Morgan fingerprint density at radius 3 is 1.42 bits per heavy atom. The third kappa shape index (κ3) is 6.35. The van der Waals surface area contributed by atoms with Gasteiger partial charge in [-0.15, -0.1) is 0 Å². The number of hydrogen-bond donors (Lipinski definition) is 0. The normalized spacial score (nSPS) is 11.4. The molecule has 0 aliphatic rings. The number of aromatic nitrogens is 1. The van der Waals surface area contributed by atoms with Gasteiger partial charge in [0.15, 0.2) is 0 Å². The summed E-state index contributed by atoms with van der Waals surface area (Å²) >= 11 is 0. The van der Waals surface area contributed by atoms with E-state index in [4.69, 9.17) is 0 Å². The number of para-hydroxylation sites is 2. The average Bonchev–Trinajstić information content (AvgIpc) is 3.72. The Bertz CT molecular complexity index is 3630. The van der Waals surface area contributed by atoms with Crippen molar-refractivity contribution in [1.82, 2.24) is 4.57 Å². The molecule has 300 valence electrons. The minimum atomic E-state index is 1.08. The van der Waals surface area contributed by atoms with Crippen molar-refractivity contribution in [3.63, 3.8) is 0 Å². The molecule has 2 heteroatoms. The smallest absolute Gasteiger partial charge is 0.0624 e. The van der Waals surface area contributed by atoms with Crippen molar-refractivity contribution < 1.29 is 0 Å². The van der Waals surface area contributed by atoms with Crippen molar-refractivity contribution in [2.24, 2.45) is 0 Å². The average molecular weight is 815 g/mol. The molecule has 0 unspecified atom stereocenters. The largest absolute Gasteiger partial charge is 0.309 e. The van der Waals surface area contributed by atoms with E-state index in [9.17, 15) is 0 Å². The van der Waals surface area contributed by atoms with Crippen LogP contribution in [-0.4, -0.2) is 4.57 Å². The van der Waals surface area contributed by atoms with Crippen molar-refractivity contribution in [2.45, 2.75) is 0 Å². The predicted octanol–water partition coefficient (Wildman–Crippen LogP) is 17.2. The summed E-state index contributed by atoms with van der Waals surface area (Å²) in [7, 11) is 0. The molecule has 11 aromatic carbocycles. The van der Waals surface area contributed by atoms with E-state index in [1.165, 1.54) is 82.3 Å². The lowest BCUT2D eigenvalue weighted by Crippen LogP contribution is -2.12. The standard InChI is InChI=1S/C62H42N2/c1-4-18-43(19-5-1)44-34-36-45(37-35-44)46-38-40-50(41-39-46)63(62-56-29-13-11-27-54(56)53-26-10-12-28-55(53)60(62)47-20-6-2-7-21-47)51-25-16-22-48(42-51)52-31-17-33-59-61(52)57-30-14-15-32-58(57)64(59)49-23-8-3-9-24-49/h1-42H. The third-order valence-electron chi connectivity index (χ3n) is 12.8. The highest BCUT2D eigenvalue weighted by Gasteiger charge is 2.24. The van der Waals surface area contributed by atoms with Gasteiger partial charge in [-0.3, -0.25) is 0 Å². The van der Waals surface area contributed by atoms with Gasteiger partial charge in [0.05, 0.1) is 16.7 Å². The summed E-state index contributed by atoms with van der Waals surface area (Å²) < 4.78 is 2.40. The van der Waals surface area contributed by atoms with Crippen LogP contribution in [0.15, 0.2) is 255 Å². The summed E-state index contributed by atoms with van der Waals surface area (Å²) in [5.41, 5.74) is 16.4. The molecule has 1 aromatic heterocycles. The Hall–Kier alpha value is -8.46. The van der Waals surface area contributed by atoms with Gasteiger partial charge in [-0.2, -0.15) is 0 Å². The lowest BCUT2D eigenvalue weighted by Gasteiger charge is -2.31. The van der Waals surface area contributed by atoms with E-state index in [0.29, 0.717) is 0 Å². The first-order valence-corrected chi connectivity index (χ1v) is 22.0. The second-order valence-corrected chi connectivity index (χ2v) is 16.4. The van der Waals surface area contributed by atoms with Gasteiger partial charge in [-0.1, -0.05) is 206 Å². The maximum atomic E-state index is 2.50. The number of anilines is 3. The topological polar surface area (TPSA) is 8.17 Å². The molecule has 0 saturated heterocycles. The van der Waals surface area contributed by atoms with Gasteiger partial charge in [-0.25, -0.2) is 0 Å². The fraction of sp³-hybridized carbons (Fsp3) is 0. The van der Waals surface area contributed by atoms with E-state index in [1.807, 2.05) is 0 Å². The molecule has 0 N–H and O–H groups in total. The fourth-order valence-corrected chi connectivity index (χ4v) is 9.88. The van der Waals surface area contributed by atoms with Crippen molar-refractivity contribution >= 4 is 60.4 Å². The zero-order valence-electron chi connectivity index (χ0n) is 35.1. The molecule has 0 amide bonds. The maximum Gasteiger partial charge on any atom is 0.0624 e. The number of nitrogens with zero attached hydrogens (tertiary/aromatic N) is 2. The summed E-state index contributed by atoms with van der Waals surface area (Å²) in [5, 5.41) is 7.36. The van der Waals surface area contributed by atoms with E-state index < -0.39 is 0 Å². The predicted molar refractivity (Wildman–Crippen MR) is 272 cm³/mol. The van der Waals surface area contributed by atoms with Crippen LogP contribution in [0.2, 0.25) is 0 Å². The highest BCUT2D eigenvalue weighted by atomic mass is 15.1. The quantitative estimate of drug-likeness (QED) is 0.139. The Morgan fingerprint density at radius 1 is 0.281 bits per heavy atom. The molecule has 2 nitrogen and oxygen atoms in total. The van der Waals surface area contributed by atoms with E-state index in [2.05, 4.69) is 264 Å². The van der Waals surface area contributed by atoms with Gasteiger partial charge in [0.2, 0.25) is 0 Å². The van der Waals surface area contributed by atoms with Crippen LogP contribution < -0.4 is 4.90 Å².